The van der Waals surface area contributed by atoms with E-state index in [2.05, 4.69) is 32.2 Å². The quantitative estimate of drug-likeness (QED) is 0.188. The second-order valence-corrected chi connectivity index (χ2v) is 13.4. The number of nitrogens with zero attached hydrogens (tertiary/aromatic N) is 2. The minimum Gasteiger partial charge on any atom is -0.492 e. The number of carbonyl (C=O) groups excluding carboxylic acids is 1. The summed E-state index contributed by atoms with van der Waals surface area (Å²) in [6, 6.07) is 18.0. The fourth-order valence-electron chi connectivity index (χ4n) is 4.51. The highest BCUT2D eigenvalue weighted by atomic mass is 32.2. The van der Waals surface area contributed by atoms with Gasteiger partial charge in [0.15, 0.2) is 5.75 Å². The average molecular weight is 606 g/mol. The molecule has 1 heterocycles. The van der Waals surface area contributed by atoms with E-state index in [1.807, 2.05) is 77.3 Å². The van der Waals surface area contributed by atoms with Crippen LogP contribution in [0.4, 0.5) is 21.9 Å². The van der Waals surface area contributed by atoms with Crippen molar-refractivity contribution in [1.82, 2.24) is 9.88 Å². The van der Waals surface area contributed by atoms with Crippen LogP contribution in [0.1, 0.15) is 45.0 Å². The zero-order valence-corrected chi connectivity index (χ0v) is 26.6. The monoisotopic (exact) mass is 605 g/mol. The van der Waals surface area contributed by atoms with Gasteiger partial charge in [-0.25, -0.2) is 13.2 Å². The lowest BCUT2D eigenvalue weighted by Crippen LogP contribution is -2.22. The number of anilines is 3. The Morgan fingerprint density at radius 1 is 0.930 bits per heavy atom. The molecule has 0 saturated heterocycles. The number of hydrogen-bond donors (Lipinski definition) is 3. The highest BCUT2D eigenvalue weighted by molar-refractivity contribution is 7.92. The van der Waals surface area contributed by atoms with E-state index in [-0.39, 0.29) is 22.9 Å². The number of urea groups is 1. The van der Waals surface area contributed by atoms with Gasteiger partial charge in [-0.2, -0.15) is 0 Å². The zero-order valence-electron chi connectivity index (χ0n) is 25.8. The number of carbonyl (C=O) groups is 1. The first-order valence-electron chi connectivity index (χ1n) is 13.8. The van der Waals surface area contributed by atoms with Crippen molar-refractivity contribution in [3.05, 3.63) is 78.1 Å². The molecule has 3 aromatic carbocycles. The molecule has 11 heteroatoms. The van der Waals surface area contributed by atoms with Gasteiger partial charge in [0.05, 0.1) is 36.1 Å². The molecule has 0 bridgehead atoms. The van der Waals surface area contributed by atoms with Gasteiger partial charge in [0, 0.05) is 29.1 Å². The summed E-state index contributed by atoms with van der Waals surface area (Å²) in [6.07, 6.45) is 2.79. The van der Waals surface area contributed by atoms with Gasteiger partial charge in [0.1, 0.15) is 11.5 Å². The summed E-state index contributed by atoms with van der Waals surface area (Å²) in [7, 11) is 1.81. The van der Waals surface area contributed by atoms with E-state index in [0.29, 0.717) is 22.9 Å². The topological polar surface area (TPSA) is 122 Å². The Morgan fingerprint density at radius 3 is 2.21 bits per heavy atom. The number of hydrogen-bond acceptors (Lipinski definition) is 7. The van der Waals surface area contributed by atoms with Crippen molar-refractivity contribution >= 4 is 43.9 Å². The minimum absolute atomic E-state index is 0.117. The van der Waals surface area contributed by atoms with Crippen LogP contribution in [0.2, 0.25) is 0 Å². The van der Waals surface area contributed by atoms with Gasteiger partial charge < -0.3 is 25.0 Å². The van der Waals surface area contributed by atoms with Crippen LogP contribution in [0.25, 0.3) is 10.8 Å². The van der Waals surface area contributed by atoms with Crippen molar-refractivity contribution in [2.45, 2.75) is 39.2 Å². The zero-order chi connectivity index (χ0) is 31.5. The lowest BCUT2D eigenvalue weighted by atomic mass is 9.86. The summed E-state index contributed by atoms with van der Waals surface area (Å²) in [5.74, 6) is 1.49. The van der Waals surface area contributed by atoms with Crippen LogP contribution >= 0.6 is 0 Å². The average Bonchev–Trinajstić information content (AvgIpc) is 2.92. The van der Waals surface area contributed by atoms with E-state index < -0.39 is 16.1 Å². The van der Waals surface area contributed by atoms with E-state index >= 15 is 0 Å². The molecule has 4 aromatic rings. The summed E-state index contributed by atoms with van der Waals surface area (Å²) in [5, 5.41) is 7.35. The number of pyridine rings is 1. The number of amides is 2. The molecule has 4 rings (SSSR count). The van der Waals surface area contributed by atoms with Crippen molar-refractivity contribution in [3.63, 3.8) is 0 Å². The van der Waals surface area contributed by atoms with Crippen LogP contribution < -0.4 is 24.8 Å². The molecule has 2 amide bonds. The Morgan fingerprint density at radius 2 is 1.58 bits per heavy atom. The highest BCUT2D eigenvalue weighted by Crippen LogP contribution is 2.40. The molecule has 0 aliphatic carbocycles. The van der Waals surface area contributed by atoms with Crippen molar-refractivity contribution in [2.24, 2.45) is 0 Å². The first-order valence-corrected chi connectivity index (χ1v) is 15.7. The van der Waals surface area contributed by atoms with Crippen LogP contribution in [-0.4, -0.2) is 51.8 Å². The van der Waals surface area contributed by atoms with E-state index in [4.69, 9.17) is 9.47 Å². The van der Waals surface area contributed by atoms with Crippen LogP contribution in [0.15, 0.2) is 66.9 Å². The highest BCUT2D eigenvalue weighted by Gasteiger charge is 2.22. The van der Waals surface area contributed by atoms with Crippen LogP contribution in [0.5, 0.6) is 17.2 Å². The molecule has 0 saturated carbocycles. The molecule has 43 heavy (non-hydrogen) atoms. The number of fused-ring (bicyclic) bond motifs is 1. The summed E-state index contributed by atoms with van der Waals surface area (Å²) in [4.78, 5) is 19.9. The fraction of sp³-hybridized carbons (Fsp3) is 0.312. The molecule has 1 unspecified atom stereocenters. The Bertz CT molecular complexity index is 1750. The molecule has 0 fully saturated rings. The van der Waals surface area contributed by atoms with E-state index in [1.165, 1.54) is 7.11 Å². The minimum atomic E-state index is -3.60. The Kier molecular flexibility index (Phi) is 9.17. The fourth-order valence-corrected chi connectivity index (χ4v) is 5.06. The number of methoxy groups -OCH3 is 1. The number of aromatic nitrogens is 1. The SMILES string of the molecule is COc1c(NC(=O)Nc2ccc(Oc3ccnc(C(C)N(C)C)c3)c3ccccc23)cc(C(C)(C)C)cc1NS(C)(=O)=O. The molecule has 10 nitrogen and oxygen atoms in total. The van der Waals surface area contributed by atoms with Crippen molar-refractivity contribution in [3.8, 4) is 17.2 Å². The van der Waals surface area contributed by atoms with Crippen LogP contribution in [0.3, 0.4) is 0 Å². The number of rotatable bonds is 9. The largest absolute Gasteiger partial charge is 0.492 e. The van der Waals surface area contributed by atoms with E-state index in [0.717, 1.165) is 28.3 Å². The van der Waals surface area contributed by atoms with Gasteiger partial charge in [-0.05, 0) is 62.3 Å². The third-order valence-electron chi connectivity index (χ3n) is 7.02. The Labute approximate surface area is 253 Å². The standard InChI is InChI=1S/C32H39N5O5S/c1-20(37(5)6)26-19-22(15-16-33-26)42-29-14-13-25(23-11-9-10-12-24(23)29)34-31(38)35-27-17-21(32(2,3)4)18-28(30(27)41-7)36-43(8,39)40/h9-20,36H,1-8H3,(H2,34,35,38). The predicted octanol–water partition coefficient (Wildman–Crippen LogP) is 6.97. The third-order valence-corrected chi connectivity index (χ3v) is 7.61. The first-order chi connectivity index (χ1) is 20.2. The van der Waals surface area contributed by atoms with Gasteiger partial charge in [-0.3, -0.25) is 9.71 Å². The predicted molar refractivity (Wildman–Crippen MR) is 173 cm³/mol. The third kappa shape index (κ3) is 7.74. The second kappa shape index (κ2) is 12.5. The maximum Gasteiger partial charge on any atom is 0.323 e. The van der Waals surface area contributed by atoms with E-state index in [1.54, 1.807) is 24.4 Å². The molecule has 0 spiro atoms. The normalized spacial score (nSPS) is 12.6. The number of ether oxygens (including phenoxy) is 2. The first kappa shape index (κ1) is 31.6. The van der Waals surface area contributed by atoms with Gasteiger partial charge >= 0.3 is 6.03 Å². The maximum absolute atomic E-state index is 13.3. The van der Waals surface area contributed by atoms with Crippen molar-refractivity contribution < 1.29 is 22.7 Å². The molecule has 3 N–H and O–H groups in total. The number of benzene rings is 3. The molecule has 0 aliphatic rings. The lowest BCUT2D eigenvalue weighted by molar-refractivity contribution is 0.262. The van der Waals surface area contributed by atoms with Gasteiger partial charge in [-0.1, -0.05) is 45.0 Å². The summed E-state index contributed by atoms with van der Waals surface area (Å²) in [5.41, 5.74) is 2.49. The second-order valence-electron chi connectivity index (χ2n) is 11.6. The van der Waals surface area contributed by atoms with Crippen LogP contribution in [-0.2, 0) is 15.4 Å². The summed E-state index contributed by atoms with van der Waals surface area (Å²) >= 11 is 0. The molecule has 1 aromatic heterocycles. The molecule has 1 atom stereocenters. The van der Waals surface area contributed by atoms with Gasteiger partial charge in [0.25, 0.3) is 0 Å². The summed E-state index contributed by atoms with van der Waals surface area (Å²) in [6.45, 7) is 8.06. The Hall–Kier alpha value is -4.35. The molecular weight excluding hydrogens is 566 g/mol. The summed E-state index contributed by atoms with van der Waals surface area (Å²) < 4.78 is 38.4. The van der Waals surface area contributed by atoms with Crippen molar-refractivity contribution in [1.29, 1.82) is 0 Å². The molecule has 228 valence electrons. The van der Waals surface area contributed by atoms with Crippen LogP contribution in [0, 0.1) is 0 Å². The number of nitrogens with one attached hydrogen (secondary N) is 3. The maximum atomic E-state index is 13.3. The van der Waals surface area contributed by atoms with Crippen molar-refractivity contribution in [2.75, 3.05) is 42.8 Å². The van der Waals surface area contributed by atoms with Gasteiger partial charge in [0.2, 0.25) is 10.0 Å². The number of sulfonamides is 1. The smallest absolute Gasteiger partial charge is 0.323 e. The molecule has 0 aliphatic heterocycles. The molecule has 0 radical (unpaired) electrons. The Balaban J connectivity index is 1.64. The molecular formula is C32H39N5O5S. The van der Waals surface area contributed by atoms with E-state index in [9.17, 15) is 13.2 Å². The van der Waals surface area contributed by atoms with Gasteiger partial charge in [-0.15, -0.1) is 0 Å². The lowest BCUT2D eigenvalue weighted by Gasteiger charge is -2.24.